The molecule has 0 saturated heterocycles. The topological polar surface area (TPSA) is 68.9 Å². The second kappa shape index (κ2) is 8.01. The SMILES string of the molecule is O=C(NCCn1nc(-c2ccc(F)cc2)n(C2CC2)c1=O)c1ccccc1C(F)(F)F. The van der Waals surface area contributed by atoms with Crippen LogP contribution < -0.4 is 11.0 Å². The molecule has 0 aliphatic heterocycles. The van der Waals surface area contributed by atoms with Crippen LogP contribution in [0.3, 0.4) is 0 Å². The highest BCUT2D eigenvalue weighted by atomic mass is 19.4. The van der Waals surface area contributed by atoms with Gasteiger partial charge in [-0.3, -0.25) is 9.36 Å². The number of hydrogen-bond donors (Lipinski definition) is 1. The van der Waals surface area contributed by atoms with Gasteiger partial charge in [-0.1, -0.05) is 12.1 Å². The van der Waals surface area contributed by atoms with E-state index in [1.165, 1.54) is 41.0 Å². The first-order valence-corrected chi connectivity index (χ1v) is 9.65. The van der Waals surface area contributed by atoms with E-state index in [2.05, 4.69) is 10.4 Å². The molecule has 0 spiro atoms. The van der Waals surface area contributed by atoms with Crippen LogP contribution in [0.25, 0.3) is 11.4 Å². The lowest BCUT2D eigenvalue weighted by Gasteiger charge is -2.12. The number of carbonyl (C=O) groups excluding carboxylic acids is 1. The van der Waals surface area contributed by atoms with Crippen molar-refractivity contribution in [2.24, 2.45) is 0 Å². The zero-order chi connectivity index (χ0) is 22.2. The van der Waals surface area contributed by atoms with Crippen LogP contribution in [0.15, 0.2) is 53.3 Å². The molecule has 1 aliphatic rings. The van der Waals surface area contributed by atoms with Gasteiger partial charge in [0.05, 0.1) is 17.7 Å². The van der Waals surface area contributed by atoms with Gasteiger partial charge in [0, 0.05) is 18.2 Å². The minimum atomic E-state index is -4.65. The maximum absolute atomic E-state index is 13.2. The molecule has 4 rings (SSSR count). The van der Waals surface area contributed by atoms with Crippen LogP contribution in [0.5, 0.6) is 0 Å². The molecule has 1 amide bonds. The van der Waals surface area contributed by atoms with E-state index < -0.39 is 29.0 Å². The Morgan fingerprint density at radius 1 is 1.10 bits per heavy atom. The normalized spacial score (nSPS) is 13.9. The van der Waals surface area contributed by atoms with E-state index in [4.69, 9.17) is 0 Å². The molecule has 1 heterocycles. The smallest absolute Gasteiger partial charge is 0.350 e. The monoisotopic (exact) mass is 434 g/mol. The Morgan fingerprint density at radius 2 is 1.77 bits per heavy atom. The van der Waals surface area contributed by atoms with E-state index in [1.807, 2.05) is 0 Å². The molecule has 0 bridgehead atoms. The summed E-state index contributed by atoms with van der Waals surface area (Å²) >= 11 is 0. The fourth-order valence-corrected chi connectivity index (χ4v) is 3.32. The molecular formula is C21H18F4N4O2. The number of rotatable bonds is 6. The molecular weight excluding hydrogens is 416 g/mol. The van der Waals surface area contributed by atoms with Crippen molar-refractivity contribution in [1.82, 2.24) is 19.7 Å². The molecule has 1 aliphatic carbocycles. The van der Waals surface area contributed by atoms with E-state index in [0.29, 0.717) is 11.4 Å². The summed E-state index contributed by atoms with van der Waals surface area (Å²) < 4.78 is 55.2. The van der Waals surface area contributed by atoms with Gasteiger partial charge in [-0.15, -0.1) is 5.10 Å². The van der Waals surface area contributed by atoms with E-state index in [1.54, 1.807) is 0 Å². The Labute approximate surface area is 174 Å². The van der Waals surface area contributed by atoms with Gasteiger partial charge in [-0.25, -0.2) is 13.9 Å². The molecule has 1 fully saturated rings. The molecule has 6 nitrogen and oxygen atoms in total. The summed E-state index contributed by atoms with van der Waals surface area (Å²) in [6.07, 6.45) is -3.01. The van der Waals surface area contributed by atoms with Crippen molar-refractivity contribution in [3.8, 4) is 11.4 Å². The second-order valence-electron chi connectivity index (χ2n) is 7.24. The number of alkyl halides is 3. The number of aromatic nitrogens is 3. The highest BCUT2D eigenvalue weighted by Crippen LogP contribution is 2.36. The zero-order valence-corrected chi connectivity index (χ0v) is 16.2. The molecule has 1 saturated carbocycles. The predicted molar refractivity (Wildman–Crippen MR) is 104 cm³/mol. The van der Waals surface area contributed by atoms with Crippen LogP contribution in [-0.2, 0) is 12.7 Å². The summed E-state index contributed by atoms with van der Waals surface area (Å²) in [6.45, 7) is -0.109. The van der Waals surface area contributed by atoms with Crippen LogP contribution in [0.1, 0.15) is 34.8 Å². The number of nitrogens with zero attached hydrogens (tertiary/aromatic N) is 3. The van der Waals surface area contributed by atoms with Gasteiger partial charge in [0.25, 0.3) is 5.91 Å². The van der Waals surface area contributed by atoms with Gasteiger partial charge in [-0.2, -0.15) is 13.2 Å². The Balaban J connectivity index is 1.51. The zero-order valence-electron chi connectivity index (χ0n) is 16.2. The van der Waals surface area contributed by atoms with E-state index >= 15 is 0 Å². The maximum atomic E-state index is 13.2. The molecule has 31 heavy (non-hydrogen) atoms. The minimum absolute atomic E-state index is 0.00885. The van der Waals surface area contributed by atoms with Crippen molar-refractivity contribution in [3.05, 3.63) is 76.0 Å². The average molecular weight is 434 g/mol. The van der Waals surface area contributed by atoms with Crippen molar-refractivity contribution < 1.29 is 22.4 Å². The Morgan fingerprint density at radius 3 is 2.42 bits per heavy atom. The van der Waals surface area contributed by atoms with Crippen molar-refractivity contribution >= 4 is 5.91 Å². The van der Waals surface area contributed by atoms with Crippen molar-refractivity contribution in [1.29, 1.82) is 0 Å². The fraction of sp³-hybridized carbons (Fsp3) is 0.286. The first-order valence-electron chi connectivity index (χ1n) is 9.65. The summed E-state index contributed by atoms with van der Waals surface area (Å²) in [5.41, 5.74) is -1.32. The fourth-order valence-electron chi connectivity index (χ4n) is 3.32. The Kier molecular flexibility index (Phi) is 5.38. The molecule has 0 unspecified atom stereocenters. The number of carbonyl (C=O) groups is 1. The summed E-state index contributed by atoms with van der Waals surface area (Å²) in [5.74, 6) is -0.909. The number of halogens is 4. The largest absolute Gasteiger partial charge is 0.417 e. The highest BCUT2D eigenvalue weighted by molar-refractivity contribution is 5.95. The van der Waals surface area contributed by atoms with E-state index in [-0.39, 0.29) is 24.8 Å². The van der Waals surface area contributed by atoms with E-state index in [9.17, 15) is 27.2 Å². The third-order valence-corrected chi connectivity index (χ3v) is 4.97. The maximum Gasteiger partial charge on any atom is 0.417 e. The van der Waals surface area contributed by atoms with Crippen LogP contribution in [0.2, 0.25) is 0 Å². The van der Waals surface area contributed by atoms with Crippen molar-refractivity contribution in [2.45, 2.75) is 31.6 Å². The van der Waals surface area contributed by atoms with Crippen LogP contribution >= 0.6 is 0 Å². The second-order valence-corrected chi connectivity index (χ2v) is 7.24. The predicted octanol–water partition coefficient (Wildman–Crippen LogP) is 3.63. The lowest BCUT2D eigenvalue weighted by atomic mass is 10.1. The number of nitrogens with one attached hydrogen (secondary N) is 1. The first kappa shape index (κ1) is 20.8. The number of hydrogen-bond acceptors (Lipinski definition) is 3. The van der Waals surface area contributed by atoms with Gasteiger partial charge in [0.2, 0.25) is 0 Å². The quantitative estimate of drug-likeness (QED) is 0.603. The standard InChI is InChI=1S/C21H18F4N4O2/c22-14-7-5-13(6-8-14)18-27-28(20(31)29(18)15-9-10-15)12-11-26-19(30)16-3-1-2-4-17(16)21(23,24)25/h1-8,15H,9-12H2,(H,26,30). The molecule has 2 aromatic carbocycles. The molecule has 0 atom stereocenters. The summed E-state index contributed by atoms with van der Waals surface area (Å²) in [7, 11) is 0. The first-order chi connectivity index (χ1) is 14.8. The highest BCUT2D eigenvalue weighted by Gasteiger charge is 2.35. The summed E-state index contributed by atoms with van der Waals surface area (Å²) in [5, 5.41) is 6.72. The van der Waals surface area contributed by atoms with Gasteiger partial charge >= 0.3 is 11.9 Å². The molecule has 3 aromatic rings. The lowest BCUT2D eigenvalue weighted by Crippen LogP contribution is -2.33. The third-order valence-electron chi connectivity index (χ3n) is 4.97. The van der Waals surface area contributed by atoms with Crippen LogP contribution in [0.4, 0.5) is 17.6 Å². The molecule has 0 radical (unpaired) electrons. The number of amides is 1. The van der Waals surface area contributed by atoms with Crippen molar-refractivity contribution in [3.63, 3.8) is 0 Å². The van der Waals surface area contributed by atoms with Gasteiger partial charge in [-0.05, 0) is 49.2 Å². The Bertz CT molecular complexity index is 1160. The lowest BCUT2D eigenvalue weighted by molar-refractivity contribution is -0.137. The Hall–Kier alpha value is -3.43. The van der Waals surface area contributed by atoms with Crippen LogP contribution in [-0.4, -0.2) is 26.8 Å². The van der Waals surface area contributed by atoms with E-state index in [0.717, 1.165) is 29.7 Å². The number of benzene rings is 2. The average Bonchev–Trinajstić information content (AvgIpc) is 3.52. The van der Waals surface area contributed by atoms with Gasteiger partial charge in [0.1, 0.15) is 5.82 Å². The van der Waals surface area contributed by atoms with Crippen LogP contribution in [0, 0.1) is 5.82 Å². The molecule has 10 heteroatoms. The molecule has 1 N–H and O–H groups in total. The van der Waals surface area contributed by atoms with Gasteiger partial charge in [0.15, 0.2) is 5.82 Å². The summed E-state index contributed by atoms with van der Waals surface area (Å²) in [4.78, 5) is 25.0. The third kappa shape index (κ3) is 4.37. The minimum Gasteiger partial charge on any atom is -0.350 e. The summed E-state index contributed by atoms with van der Waals surface area (Å²) in [6, 6.07) is 10.1. The molecule has 162 valence electrons. The van der Waals surface area contributed by atoms with Gasteiger partial charge < -0.3 is 5.32 Å². The molecule has 1 aromatic heterocycles. The van der Waals surface area contributed by atoms with Crippen molar-refractivity contribution in [2.75, 3.05) is 6.54 Å².